The zero-order chi connectivity index (χ0) is 10.8. The van der Waals surface area contributed by atoms with Crippen molar-refractivity contribution in [2.75, 3.05) is 0 Å². The molecule has 0 aliphatic rings. The van der Waals surface area contributed by atoms with E-state index in [9.17, 15) is 9.50 Å². The van der Waals surface area contributed by atoms with Gasteiger partial charge in [0, 0.05) is 11.1 Å². The SMILES string of the molecule is Cc1ccc(F)c(C(O)c2ccoc2)c1. The molecule has 0 spiro atoms. The van der Waals surface area contributed by atoms with Gasteiger partial charge in [0.05, 0.1) is 12.5 Å². The van der Waals surface area contributed by atoms with Crippen LogP contribution < -0.4 is 0 Å². The van der Waals surface area contributed by atoms with Gasteiger partial charge in [0.25, 0.3) is 0 Å². The molecule has 0 saturated carbocycles. The Bertz CT molecular complexity index is 449. The summed E-state index contributed by atoms with van der Waals surface area (Å²) in [6.07, 6.45) is 1.89. The summed E-state index contributed by atoms with van der Waals surface area (Å²) < 4.78 is 18.3. The lowest BCUT2D eigenvalue weighted by Gasteiger charge is -2.10. The van der Waals surface area contributed by atoms with Gasteiger partial charge in [0.2, 0.25) is 0 Å². The molecule has 1 atom stereocenters. The van der Waals surface area contributed by atoms with E-state index in [4.69, 9.17) is 4.42 Å². The van der Waals surface area contributed by atoms with Crippen LogP contribution >= 0.6 is 0 Å². The molecule has 0 aliphatic heterocycles. The highest BCUT2D eigenvalue weighted by Crippen LogP contribution is 2.25. The second kappa shape index (κ2) is 3.87. The molecule has 0 saturated heterocycles. The summed E-state index contributed by atoms with van der Waals surface area (Å²) >= 11 is 0. The zero-order valence-electron chi connectivity index (χ0n) is 8.27. The number of hydrogen-bond donors (Lipinski definition) is 1. The predicted molar refractivity (Wildman–Crippen MR) is 53.9 cm³/mol. The van der Waals surface area contributed by atoms with E-state index >= 15 is 0 Å². The lowest BCUT2D eigenvalue weighted by molar-refractivity contribution is 0.214. The Balaban J connectivity index is 2.41. The van der Waals surface area contributed by atoms with Crippen molar-refractivity contribution in [3.05, 3.63) is 59.3 Å². The Kier molecular flexibility index (Phi) is 2.56. The van der Waals surface area contributed by atoms with E-state index in [0.29, 0.717) is 5.56 Å². The van der Waals surface area contributed by atoms with Gasteiger partial charge in [0.15, 0.2) is 0 Å². The molecule has 78 valence electrons. The molecule has 0 bridgehead atoms. The first-order valence-corrected chi connectivity index (χ1v) is 4.64. The Morgan fingerprint density at radius 1 is 1.33 bits per heavy atom. The standard InChI is InChI=1S/C12H11FO2/c1-8-2-3-11(13)10(6-8)12(14)9-4-5-15-7-9/h2-7,12,14H,1H3. The largest absolute Gasteiger partial charge is 0.472 e. The number of aryl methyl sites for hydroxylation is 1. The molecule has 0 radical (unpaired) electrons. The van der Waals surface area contributed by atoms with E-state index in [-0.39, 0.29) is 5.56 Å². The van der Waals surface area contributed by atoms with Gasteiger partial charge in [-0.2, -0.15) is 0 Å². The molecular formula is C12H11FO2. The molecule has 0 fully saturated rings. The van der Waals surface area contributed by atoms with Gasteiger partial charge in [-0.3, -0.25) is 0 Å². The van der Waals surface area contributed by atoms with Gasteiger partial charge in [-0.1, -0.05) is 17.7 Å². The first kappa shape index (κ1) is 9.93. The molecule has 2 rings (SSSR count). The van der Waals surface area contributed by atoms with E-state index in [1.165, 1.54) is 18.6 Å². The van der Waals surface area contributed by atoms with Crippen LogP contribution in [0.3, 0.4) is 0 Å². The van der Waals surface area contributed by atoms with Crippen molar-refractivity contribution >= 4 is 0 Å². The minimum Gasteiger partial charge on any atom is -0.472 e. The van der Waals surface area contributed by atoms with Gasteiger partial charge >= 0.3 is 0 Å². The molecule has 1 unspecified atom stereocenters. The number of furan rings is 1. The summed E-state index contributed by atoms with van der Waals surface area (Å²) in [6, 6.07) is 6.27. The summed E-state index contributed by atoms with van der Waals surface area (Å²) in [7, 11) is 0. The fourth-order valence-corrected chi connectivity index (χ4v) is 1.48. The van der Waals surface area contributed by atoms with Gasteiger partial charge in [-0.25, -0.2) is 4.39 Å². The van der Waals surface area contributed by atoms with Crippen LogP contribution in [0.15, 0.2) is 41.2 Å². The molecule has 15 heavy (non-hydrogen) atoms. The molecule has 1 heterocycles. The average Bonchev–Trinajstić information content (AvgIpc) is 2.74. The van der Waals surface area contributed by atoms with E-state index in [1.54, 1.807) is 18.2 Å². The minimum absolute atomic E-state index is 0.274. The third kappa shape index (κ3) is 1.92. The van der Waals surface area contributed by atoms with Crippen LogP contribution in [0.5, 0.6) is 0 Å². The van der Waals surface area contributed by atoms with Gasteiger partial charge in [0.1, 0.15) is 11.9 Å². The van der Waals surface area contributed by atoms with Crippen LogP contribution in [0.1, 0.15) is 22.8 Å². The molecule has 1 N–H and O–H groups in total. The van der Waals surface area contributed by atoms with Crippen LogP contribution in [0.25, 0.3) is 0 Å². The van der Waals surface area contributed by atoms with E-state index < -0.39 is 11.9 Å². The van der Waals surface area contributed by atoms with Crippen molar-refractivity contribution in [2.24, 2.45) is 0 Å². The van der Waals surface area contributed by atoms with E-state index in [2.05, 4.69) is 0 Å². The zero-order valence-corrected chi connectivity index (χ0v) is 8.27. The fraction of sp³-hybridized carbons (Fsp3) is 0.167. The van der Waals surface area contributed by atoms with Crippen molar-refractivity contribution in [3.8, 4) is 0 Å². The highest BCUT2D eigenvalue weighted by atomic mass is 19.1. The Morgan fingerprint density at radius 2 is 2.13 bits per heavy atom. The monoisotopic (exact) mass is 206 g/mol. The lowest BCUT2D eigenvalue weighted by atomic mass is 10.0. The molecule has 1 aromatic carbocycles. The van der Waals surface area contributed by atoms with Crippen LogP contribution in [-0.2, 0) is 0 Å². The Labute approximate surface area is 87.0 Å². The smallest absolute Gasteiger partial charge is 0.129 e. The van der Waals surface area contributed by atoms with E-state index in [1.807, 2.05) is 6.92 Å². The summed E-state index contributed by atoms with van der Waals surface area (Å²) in [5, 5.41) is 9.89. The summed E-state index contributed by atoms with van der Waals surface area (Å²) in [5.41, 5.74) is 1.74. The second-order valence-corrected chi connectivity index (χ2v) is 3.48. The molecule has 0 aliphatic carbocycles. The van der Waals surface area contributed by atoms with Crippen LogP contribution in [-0.4, -0.2) is 5.11 Å². The minimum atomic E-state index is -0.969. The Morgan fingerprint density at radius 3 is 2.80 bits per heavy atom. The maximum Gasteiger partial charge on any atom is 0.129 e. The predicted octanol–water partition coefficient (Wildman–Crippen LogP) is 2.81. The lowest BCUT2D eigenvalue weighted by Crippen LogP contribution is -2.01. The molecule has 0 amide bonds. The van der Waals surface area contributed by atoms with Gasteiger partial charge in [-0.15, -0.1) is 0 Å². The number of halogens is 1. The first-order valence-electron chi connectivity index (χ1n) is 4.64. The molecule has 1 aromatic heterocycles. The summed E-state index contributed by atoms with van der Waals surface area (Å²) in [6.45, 7) is 1.85. The summed E-state index contributed by atoms with van der Waals surface area (Å²) in [5.74, 6) is -0.408. The number of rotatable bonds is 2. The molecule has 3 heteroatoms. The first-order chi connectivity index (χ1) is 7.18. The van der Waals surface area contributed by atoms with Crippen molar-refractivity contribution in [1.29, 1.82) is 0 Å². The van der Waals surface area contributed by atoms with Crippen molar-refractivity contribution < 1.29 is 13.9 Å². The highest BCUT2D eigenvalue weighted by Gasteiger charge is 2.15. The van der Waals surface area contributed by atoms with E-state index in [0.717, 1.165) is 5.56 Å². The third-order valence-corrected chi connectivity index (χ3v) is 2.31. The number of benzene rings is 1. The molecule has 2 aromatic rings. The number of hydrogen-bond acceptors (Lipinski definition) is 2. The average molecular weight is 206 g/mol. The van der Waals surface area contributed by atoms with Crippen molar-refractivity contribution in [3.63, 3.8) is 0 Å². The van der Waals surface area contributed by atoms with Crippen LogP contribution in [0, 0.1) is 12.7 Å². The number of aliphatic hydroxyl groups excluding tert-OH is 1. The quantitative estimate of drug-likeness (QED) is 0.819. The number of aliphatic hydroxyl groups is 1. The second-order valence-electron chi connectivity index (χ2n) is 3.48. The topological polar surface area (TPSA) is 33.4 Å². The van der Waals surface area contributed by atoms with Gasteiger partial charge in [-0.05, 0) is 19.1 Å². The maximum absolute atomic E-state index is 13.4. The molecule has 2 nitrogen and oxygen atoms in total. The third-order valence-electron chi connectivity index (χ3n) is 2.31. The molecular weight excluding hydrogens is 195 g/mol. The normalized spacial score (nSPS) is 12.7. The summed E-state index contributed by atoms with van der Waals surface area (Å²) in [4.78, 5) is 0. The highest BCUT2D eigenvalue weighted by molar-refractivity contribution is 5.31. The van der Waals surface area contributed by atoms with Crippen molar-refractivity contribution in [1.82, 2.24) is 0 Å². The van der Waals surface area contributed by atoms with Crippen LogP contribution in [0.4, 0.5) is 4.39 Å². The van der Waals surface area contributed by atoms with Crippen molar-refractivity contribution in [2.45, 2.75) is 13.0 Å². The Hall–Kier alpha value is -1.61. The van der Waals surface area contributed by atoms with Gasteiger partial charge < -0.3 is 9.52 Å². The maximum atomic E-state index is 13.4. The van der Waals surface area contributed by atoms with Crippen LogP contribution in [0.2, 0.25) is 0 Å². The fourth-order valence-electron chi connectivity index (χ4n) is 1.48.